The molecule has 0 unspecified atom stereocenters. The van der Waals surface area contributed by atoms with Crippen LogP contribution in [0.1, 0.15) is 24.5 Å². The van der Waals surface area contributed by atoms with Crippen LogP contribution in [-0.2, 0) is 16.0 Å². The Balaban J connectivity index is 2.33. The van der Waals surface area contributed by atoms with Gasteiger partial charge in [-0.1, -0.05) is 18.2 Å². The van der Waals surface area contributed by atoms with Crippen molar-refractivity contribution in [2.45, 2.75) is 26.7 Å². The first-order chi connectivity index (χ1) is 9.13. The van der Waals surface area contributed by atoms with Gasteiger partial charge in [0.15, 0.2) is 0 Å². The third-order valence-electron chi connectivity index (χ3n) is 3.08. The minimum Gasteiger partial charge on any atom is -0.466 e. The Morgan fingerprint density at radius 2 is 2.05 bits per heavy atom. The van der Waals surface area contributed by atoms with Crippen LogP contribution in [-0.4, -0.2) is 12.6 Å². The molecule has 2 rings (SSSR count). The van der Waals surface area contributed by atoms with Crippen molar-refractivity contribution >= 4 is 16.9 Å². The number of carbonyl (C=O) groups is 1. The zero-order valence-corrected chi connectivity index (χ0v) is 11.1. The molecule has 4 heteroatoms. The monoisotopic (exact) mass is 260 g/mol. The molecule has 0 fully saturated rings. The van der Waals surface area contributed by atoms with Crippen molar-refractivity contribution in [1.82, 2.24) is 0 Å². The molecule has 0 amide bonds. The lowest BCUT2D eigenvalue weighted by Crippen LogP contribution is -2.13. The van der Waals surface area contributed by atoms with Gasteiger partial charge in [-0.3, -0.25) is 4.79 Å². The van der Waals surface area contributed by atoms with E-state index in [1.165, 1.54) is 0 Å². The van der Waals surface area contributed by atoms with E-state index in [1.807, 2.05) is 25.1 Å². The number of hydrogen-bond donors (Lipinski definition) is 0. The molecule has 0 radical (unpaired) electrons. The third-order valence-corrected chi connectivity index (χ3v) is 3.08. The molecule has 0 bridgehead atoms. The van der Waals surface area contributed by atoms with E-state index in [0.717, 1.165) is 10.9 Å². The van der Waals surface area contributed by atoms with Gasteiger partial charge in [-0.2, -0.15) is 0 Å². The second-order valence-electron chi connectivity index (χ2n) is 4.29. The molecule has 0 aliphatic rings. The number of hydrogen-bond acceptors (Lipinski definition) is 4. The Hall–Kier alpha value is -2.10. The van der Waals surface area contributed by atoms with Crippen molar-refractivity contribution in [2.24, 2.45) is 0 Å². The van der Waals surface area contributed by atoms with Crippen LogP contribution in [0.4, 0.5) is 0 Å². The van der Waals surface area contributed by atoms with E-state index >= 15 is 0 Å². The van der Waals surface area contributed by atoms with E-state index < -0.39 is 0 Å². The van der Waals surface area contributed by atoms with E-state index in [-0.39, 0.29) is 18.0 Å². The van der Waals surface area contributed by atoms with Gasteiger partial charge in [0, 0.05) is 17.4 Å². The SMILES string of the molecule is CCOC(=O)CCc1c(C)c2ccccc2oc1=O. The summed E-state index contributed by atoms with van der Waals surface area (Å²) in [5.41, 5.74) is 1.62. The topological polar surface area (TPSA) is 56.5 Å². The number of aryl methyl sites for hydroxylation is 1. The largest absolute Gasteiger partial charge is 0.466 e. The van der Waals surface area contributed by atoms with Gasteiger partial charge in [-0.05, 0) is 31.9 Å². The molecule has 0 aliphatic heterocycles. The Bertz CT molecular complexity index is 655. The fourth-order valence-corrected chi connectivity index (χ4v) is 2.09. The van der Waals surface area contributed by atoms with Crippen molar-refractivity contribution in [3.05, 3.63) is 45.8 Å². The minimum atomic E-state index is -0.375. The molecule has 0 saturated heterocycles. The quantitative estimate of drug-likeness (QED) is 0.626. The predicted molar refractivity (Wildman–Crippen MR) is 72.2 cm³/mol. The van der Waals surface area contributed by atoms with Crippen LogP contribution in [0.15, 0.2) is 33.5 Å². The molecular formula is C15H16O4. The first-order valence-corrected chi connectivity index (χ1v) is 6.30. The van der Waals surface area contributed by atoms with Gasteiger partial charge in [-0.15, -0.1) is 0 Å². The smallest absolute Gasteiger partial charge is 0.339 e. The van der Waals surface area contributed by atoms with Crippen LogP contribution in [0.3, 0.4) is 0 Å². The van der Waals surface area contributed by atoms with Gasteiger partial charge in [0.2, 0.25) is 0 Å². The summed E-state index contributed by atoms with van der Waals surface area (Å²) in [7, 11) is 0. The third kappa shape index (κ3) is 2.84. The van der Waals surface area contributed by atoms with Crippen molar-refractivity contribution in [3.8, 4) is 0 Å². The first-order valence-electron chi connectivity index (χ1n) is 6.30. The van der Waals surface area contributed by atoms with Gasteiger partial charge in [0.25, 0.3) is 0 Å². The van der Waals surface area contributed by atoms with Crippen molar-refractivity contribution < 1.29 is 13.9 Å². The molecule has 4 nitrogen and oxygen atoms in total. The molecular weight excluding hydrogens is 244 g/mol. The van der Waals surface area contributed by atoms with Crippen LogP contribution in [0.5, 0.6) is 0 Å². The number of esters is 1. The molecule has 0 atom stereocenters. The van der Waals surface area contributed by atoms with Crippen molar-refractivity contribution in [3.63, 3.8) is 0 Å². The standard InChI is InChI=1S/C15H16O4/c1-3-18-14(16)9-8-12-10(2)11-6-4-5-7-13(11)19-15(12)17/h4-7H,3,8-9H2,1-2H3. The molecule has 100 valence electrons. The average Bonchev–Trinajstić information content (AvgIpc) is 2.39. The summed E-state index contributed by atoms with van der Waals surface area (Å²) >= 11 is 0. The highest BCUT2D eigenvalue weighted by Crippen LogP contribution is 2.19. The molecule has 1 aromatic heterocycles. The number of ether oxygens (including phenoxy) is 1. The van der Waals surface area contributed by atoms with Gasteiger partial charge in [-0.25, -0.2) is 4.79 Å². The Morgan fingerprint density at radius 1 is 1.32 bits per heavy atom. The van der Waals surface area contributed by atoms with Crippen LogP contribution in [0, 0.1) is 6.92 Å². The predicted octanol–water partition coefficient (Wildman–Crippen LogP) is 2.60. The number of para-hydroxylation sites is 1. The first kappa shape index (κ1) is 13.3. The molecule has 0 saturated carbocycles. The van der Waals surface area contributed by atoms with E-state index in [9.17, 15) is 9.59 Å². The van der Waals surface area contributed by atoms with E-state index in [0.29, 0.717) is 24.2 Å². The van der Waals surface area contributed by atoms with Crippen LogP contribution >= 0.6 is 0 Å². The lowest BCUT2D eigenvalue weighted by molar-refractivity contribution is -0.143. The molecule has 0 aliphatic carbocycles. The molecule has 19 heavy (non-hydrogen) atoms. The van der Waals surface area contributed by atoms with E-state index in [2.05, 4.69) is 0 Å². The summed E-state index contributed by atoms with van der Waals surface area (Å²) in [5, 5.41) is 0.904. The van der Waals surface area contributed by atoms with Crippen LogP contribution in [0.2, 0.25) is 0 Å². The lowest BCUT2D eigenvalue weighted by Gasteiger charge is -2.07. The average molecular weight is 260 g/mol. The summed E-state index contributed by atoms with van der Waals surface area (Å²) in [5.74, 6) is -0.297. The Kier molecular flexibility index (Phi) is 4.00. The zero-order chi connectivity index (χ0) is 13.8. The summed E-state index contributed by atoms with van der Waals surface area (Å²) in [6.45, 7) is 3.98. The van der Waals surface area contributed by atoms with Crippen LogP contribution < -0.4 is 5.63 Å². The molecule has 1 aromatic carbocycles. The Labute approximate surface area is 111 Å². The van der Waals surface area contributed by atoms with E-state index in [4.69, 9.17) is 9.15 Å². The zero-order valence-electron chi connectivity index (χ0n) is 11.1. The summed E-state index contributed by atoms with van der Waals surface area (Å²) < 4.78 is 10.1. The number of carbonyl (C=O) groups excluding carboxylic acids is 1. The highest BCUT2D eigenvalue weighted by Gasteiger charge is 2.12. The van der Waals surface area contributed by atoms with E-state index in [1.54, 1.807) is 13.0 Å². The minimum absolute atomic E-state index is 0.192. The van der Waals surface area contributed by atoms with Gasteiger partial charge in [0.1, 0.15) is 5.58 Å². The van der Waals surface area contributed by atoms with Gasteiger partial charge in [0.05, 0.1) is 6.61 Å². The van der Waals surface area contributed by atoms with Gasteiger partial charge < -0.3 is 9.15 Å². The number of fused-ring (bicyclic) bond motifs is 1. The number of rotatable bonds is 4. The Morgan fingerprint density at radius 3 is 2.79 bits per heavy atom. The summed E-state index contributed by atoms with van der Waals surface area (Å²) in [4.78, 5) is 23.3. The second kappa shape index (κ2) is 5.69. The fourth-order valence-electron chi connectivity index (χ4n) is 2.09. The highest BCUT2D eigenvalue weighted by molar-refractivity contribution is 5.81. The van der Waals surface area contributed by atoms with Crippen LogP contribution in [0.25, 0.3) is 11.0 Å². The summed E-state index contributed by atoms with van der Waals surface area (Å²) in [6, 6.07) is 7.38. The maximum Gasteiger partial charge on any atom is 0.339 e. The second-order valence-corrected chi connectivity index (χ2v) is 4.29. The number of benzene rings is 1. The summed E-state index contributed by atoms with van der Waals surface area (Å²) in [6.07, 6.45) is 0.537. The van der Waals surface area contributed by atoms with Gasteiger partial charge >= 0.3 is 11.6 Å². The molecule has 0 spiro atoms. The maximum absolute atomic E-state index is 11.9. The normalized spacial score (nSPS) is 10.6. The fraction of sp³-hybridized carbons (Fsp3) is 0.333. The highest BCUT2D eigenvalue weighted by atomic mass is 16.5. The van der Waals surface area contributed by atoms with Crippen molar-refractivity contribution in [2.75, 3.05) is 6.61 Å². The lowest BCUT2D eigenvalue weighted by atomic mass is 10.0. The molecule has 0 N–H and O–H groups in total. The maximum atomic E-state index is 11.9. The molecule has 1 heterocycles. The van der Waals surface area contributed by atoms with Crippen molar-refractivity contribution in [1.29, 1.82) is 0 Å². The molecule has 2 aromatic rings.